The Hall–Kier alpha value is -1.23. The predicted octanol–water partition coefficient (Wildman–Crippen LogP) is 5.21. The molecule has 6 heteroatoms. The van der Waals surface area contributed by atoms with E-state index >= 15 is 0 Å². The van der Waals surface area contributed by atoms with Crippen LogP contribution in [0, 0.1) is 0 Å². The van der Waals surface area contributed by atoms with E-state index in [9.17, 15) is 0 Å². The van der Waals surface area contributed by atoms with Gasteiger partial charge in [-0.1, -0.05) is 23.2 Å². The van der Waals surface area contributed by atoms with Crippen LogP contribution in [0.4, 0.5) is 5.69 Å². The van der Waals surface area contributed by atoms with Crippen LogP contribution in [0.25, 0.3) is 0 Å². The molecule has 20 heavy (non-hydrogen) atoms. The Morgan fingerprint density at radius 1 is 1.15 bits per heavy atom. The molecule has 0 bridgehead atoms. The second kappa shape index (κ2) is 6.97. The fraction of sp³-hybridized carbons (Fsp3) is 0.0714. The minimum absolute atomic E-state index is 0.485. The van der Waals surface area contributed by atoms with Gasteiger partial charge in [0.1, 0.15) is 5.75 Å². The number of benzene rings is 2. The summed E-state index contributed by atoms with van der Waals surface area (Å²) >= 11 is 15.2. The predicted molar refractivity (Wildman–Crippen MR) is 88.4 cm³/mol. The number of rotatable bonds is 4. The third kappa shape index (κ3) is 3.88. The van der Waals surface area contributed by atoms with Gasteiger partial charge in [0.05, 0.1) is 33.5 Å². The number of nitrogens with zero attached hydrogens (tertiary/aromatic N) is 1. The molecular formula is C14H11BrCl2N2O. The summed E-state index contributed by atoms with van der Waals surface area (Å²) in [4.78, 5) is 0. The van der Waals surface area contributed by atoms with E-state index in [2.05, 4.69) is 26.5 Å². The number of hydrogen-bond donors (Lipinski definition) is 1. The number of hydrogen-bond acceptors (Lipinski definition) is 3. The summed E-state index contributed by atoms with van der Waals surface area (Å²) in [6.45, 7) is 0. The van der Waals surface area contributed by atoms with Gasteiger partial charge in [-0.15, -0.1) is 0 Å². The first-order chi connectivity index (χ1) is 9.60. The first-order valence-electron chi connectivity index (χ1n) is 5.68. The molecule has 0 aromatic heterocycles. The molecule has 104 valence electrons. The van der Waals surface area contributed by atoms with Gasteiger partial charge in [-0.25, -0.2) is 0 Å². The molecule has 0 atom stereocenters. The van der Waals surface area contributed by atoms with E-state index in [4.69, 9.17) is 27.9 Å². The zero-order valence-corrected chi connectivity index (χ0v) is 13.6. The monoisotopic (exact) mass is 372 g/mol. The molecule has 2 aromatic rings. The molecule has 3 nitrogen and oxygen atoms in total. The Bertz CT molecular complexity index is 647. The molecule has 2 aromatic carbocycles. The number of hydrazone groups is 1. The number of halogens is 3. The molecule has 0 aliphatic carbocycles. The Morgan fingerprint density at radius 3 is 2.60 bits per heavy atom. The largest absolute Gasteiger partial charge is 0.496 e. The lowest BCUT2D eigenvalue weighted by Gasteiger charge is -2.04. The van der Waals surface area contributed by atoms with Crippen molar-refractivity contribution in [1.82, 2.24) is 0 Å². The maximum absolute atomic E-state index is 5.92. The van der Waals surface area contributed by atoms with Crippen molar-refractivity contribution < 1.29 is 4.74 Å². The van der Waals surface area contributed by atoms with E-state index in [0.29, 0.717) is 10.0 Å². The summed E-state index contributed by atoms with van der Waals surface area (Å²) in [7, 11) is 1.62. The van der Waals surface area contributed by atoms with Crippen molar-refractivity contribution in [3.63, 3.8) is 0 Å². The highest BCUT2D eigenvalue weighted by Crippen LogP contribution is 2.26. The minimum Gasteiger partial charge on any atom is -0.496 e. The zero-order chi connectivity index (χ0) is 14.5. The maximum Gasteiger partial charge on any atom is 0.133 e. The first-order valence-corrected chi connectivity index (χ1v) is 7.22. The Kier molecular flexibility index (Phi) is 5.29. The van der Waals surface area contributed by atoms with Gasteiger partial charge in [-0.3, -0.25) is 5.43 Å². The van der Waals surface area contributed by atoms with Crippen LogP contribution in [0.2, 0.25) is 10.0 Å². The molecule has 0 amide bonds. The van der Waals surface area contributed by atoms with Crippen molar-refractivity contribution in [2.45, 2.75) is 0 Å². The summed E-state index contributed by atoms with van der Waals surface area (Å²) in [5.74, 6) is 0.777. The number of ether oxygens (including phenoxy) is 1. The lowest BCUT2D eigenvalue weighted by atomic mass is 10.2. The highest BCUT2D eigenvalue weighted by molar-refractivity contribution is 9.10. The molecule has 0 saturated carbocycles. The smallest absolute Gasteiger partial charge is 0.133 e. The van der Waals surface area contributed by atoms with E-state index in [0.717, 1.165) is 21.5 Å². The van der Waals surface area contributed by atoms with E-state index < -0.39 is 0 Å². The van der Waals surface area contributed by atoms with Crippen LogP contribution < -0.4 is 10.2 Å². The molecular weight excluding hydrogens is 363 g/mol. The molecule has 0 heterocycles. The van der Waals surface area contributed by atoms with E-state index in [-0.39, 0.29) is 0 Å². The Labute approximate surface area is 135 Å². The van der Waals surface area contributed by atoms with Crippen molar-refractivity contribution in [2.75, 3.05) is 12.5 Å². The lowest BCUT2D eigenvalue weighted by molar-refractivity contribution is 0.412. The van der Waals surface area contributed by atoms with Crippen molar-refractivity contribution in [3.8, 4) is 5.75 Å². The minimum atomic E-state index is 0.485. The molecule has 0 unspecified atom stereocenters. The normalized spacial score (nSPS) is 10.8. The van der Waals surface area contributed by atoms with Crippen LogP contribution in [0.3, 0.4) is 0 Å². The quantitative estimate of drug-likeness (QED) is 0.589. The van der Waals surface area contributed by atoms with Crippen molar-refractivity contribution >= 4 is 51.0 Å². The van der Waals surface area contributed by atoms with Gasteiger partial charge in [0.2, 0.25) is 0 Å². The van der Waals surface area contributed by atoms with Crippen molar-refractivity contribution in [1.29, 1.82) is 0 Å². The first kappa shape index (κ1) is 15.2. The average molecular weight is 374 g/mol. The second-order valence-electron chi connectivity index (χ2n) is 3.89. The fourth-order valence-corrected chi connectivity index (χ4v) is 2.37. The van der Waals surface area contributed by atoms with E-state index in [1.54, 1.807) is 31.5 Å². The van der Waals surface area contributed by atoms with Crippen LogP contribution in [0.15, 0.2) is 46.0 Å². The van der Waals surface area contributed by atoms with Crippen LogP contribution in [-0.4, -0.2) is 13.3 Å². The third-order valence-electron chi connectivity index (χ3n) is 2.50. The Balaban J connectivity index is 2.06. The molecule has 0 saturated heterocycles. The summed E-state index contributed by atoms with van der Waals surface area (Å²) < 4.78 is 6.04. The number of anilines is 1. The van der Waals surface area contributed by atoms with Crippen molar-refractivity contribution in [2.24, 2.45) is 5.10 Å². The van der Waals surface area contributed by atoms with Gasteiger partial charge in [-0.2, -0.15) is 5.10 Å². The summed E-state index contributed by atoms with van der Waals surface area (Å²) in [5.41, 5.74) is 4.59. The highest BCUT2D eigenvalue weighted by Gasteiger charge is 2.00. The molecule has 1 N–H and O–H groups in total. The SMILES string of the molecule is COc1ccc(C=NNc2ccc(Cl)c(Cl)c2)cc1Br. The van der Waals surface area contributed by atoms with E-state index in [1.165, 1.54) is 0 Å². The second-order valence-corrected chi connectivity index (χ2v) is 5.56. The van der Waals surface area contributed by atoms with Gasteiger partial charge in [0.15, 0.2) is 0 Å². The van der Waals surface area contributed by atoms with Gasteiger partial charge < -0.3 is 4.74 Å². The molecule has 0 spiro atoms. The van der Waals surface area contributed by atoms with Crippen LogP contribution in [0.1, 0.15) is 5.56 Å². The summed E-state index contributed by atoms with van der Waals surface area (Å²) in [6.07, 6.45) is 1.70. The standard InChI is InChI=1S/C14H11BrCl2N2O/c1-20-14-5-2-9(6-11(14)15)8-18-19-10-3-4-12(16)13(17)7-10/h2-8,19H,1H3. The van der Waals surface area contributed by atoms with Gasteiger partial charge in [-0.05, 0) is 57.9 Å². The van der Waals surface area contributed by atoms with Gasteiger partial charge >= 0.3 is 0 Å². The van der Waals surface area contributed by atoms with Crippen LogP contribution in [0.5, 0.6) is 5.75 Å². The number of nitrogens with one attached hydrogen (secondary N) is 1. The third-order valence-corrected chi connectivity index (χ3v) is 3.86. The zero-order valence-electron chi connectivity index (χ0n) is 10.5. The highest BCUT2D eigenvalue weighted by atomic mass is 79.9. The van der Waals surface area contributed by atoms with Gasteiger partial charge in [0.25, 0.3) is 0 Å². The average Bonchev–Trinajstić information content (AvgIpc) is 2.43. The maximum atomic E-state index is 5.92. The molecule has 2 rings (SSSR count). The van der Waals surface area contributed by atoms with Crippen LogP contribution >= 0.6 is 39.1 Å². The molecule has 0 aliphatic rings. The summed E-state index contributed by atoms with van der Waals surface area (Å²) in [5, 5.41) is 5.14. The van der Waals surface area contributed by atoms with Gasteiger partial charge in [0, 0.05) is 0 Å². The molecule has 0 fully saturated rings. The molecule has 0 aliphatic heterocycles. The fourth-order valence-electron chi connectivity index (χ4n) is 1.51. The summed E-state index contributed by atoms with van der Waals surface area (Å²) in [6, 6.07) is 10.9. The van der Waals surface area contributed by atoms with Crippen molar-refractivity contribution in [3.05, 3.63) is 56.5 Å². The van der Waals surface area contributed by atoms with E-state index in [1.807, 2.05) is 18.2 Å². The number of methoxy groups -OCH3 is 1. The topological polar surface area (TPSA) is 33.6 Å². The van der Waals surface area contributed by atoms with Crippen LogP contribution in [-0.2, 0) is 0 Å². The molecule has 0 radical (unpaired) electrons. The Morgan fingerprint density at radius 2 is 1.95 bits per heavy atom. The lowest BCUT2D eigenvalue weighted by Crippen LogP contribution is -1.91.